The molecule has 8 heteroatoms. The average Bonchev–Trinajstić information content (AvgIpc) is 3.05. The standard InChI is InChI=1S/C19H16F3N3O2/c20-19(21,22)14-9-12(18-25-24-17(26)10-27-18)6-8-16(14)23-15-7-5-11-3-1-2-4-13(11)15/h1-4,6,8-9,15,23H,5,7,10H2,(H,24,26)/t15-/m0/s1. The van der Waals surface area contributed by atoms with Gasteiger partial charge in [0, 0.05) is 11.3 Å². The monoisotopic (exact) mass is 375 g/mol. The van der Waals surface area contributed by atoms with E-state index in [4.69, 9.17) is 4.74 Å². The molecule has 2 N–H and O–H groups in total. The second-order valence-electron chi connectivity index (χ2n) is 6.43. The lowest BCUT2D eigenvalue weighted by atomic mass is 10.0. The van der Waals surface area contributed by atoms with E-state index >= 15 is 0 Å². The van der Waals surface area contributed by atoms with Gasteiger partial charge in [-0.2, -0.15) is 13.2 Å². The van der Waals surface area contributed by atoms with E-state index in [1.165, 1.54) is 12.1 Å². The number of anilines is 1. The molecule has 0 aromatic heterocycles. The van der Waals surface area contributed by atoms with Crippen molar-refractivity contribution in [3.63, 3.8) is 0 Å². The molecule has 1 heterocycles. The molecule has 0 saturated heterocycles. The largest absolute Gasteiger partial charge is 0.466 e. The van der Waals surface area contributed by atoms with Gasteiger partial charge in [0.05, 0.1) is 11.6 Å². The molecule has 0 saturated carbocycles. The minimum absolute atomic E-state index is 0.00778. The van der Waals surface area contributed by atoms with Crippen molar-refractivity contribution in [3.8, 4) is 0 Å². The maximum atomic E-state index is 13.6. The first-order valence-corrected chi connectivity index (χ1v) is 8.47. The topological polar surface area (TPSA) is 62.7 Å². The van der Waals surface area contributed by atoms with Gasteiger partial charge in [-0.25, -0.2) is 5.43 Å². The molecule has 0 unspecified atom stereocenters. The molecule has 0 bridgehead atoms. The summed E-state index contributed by atoms with van der Waals surface area (Å²) in [6.45, 7) is -0.279. The number of alkyl halides is 3. The third kappa shape index (κ3) is 3.47. The number of hydrazone groups is 1. The molecule has 1 amide bonds. The molecular formula is C19H16F3N3O2. The quantitative estimate of drug-likeness (QED) is 0.862. The number of carbonyl (C=O) groups is 1. The van der Waals surface area contributed by atoms with Crippen molar-refractivity contribution >= 4 is 17.5 Å². The maximum absolute atomic E-state index is 13.6. The van der Waals surface area contributed by atoms with Crippen molar-refractivity contribution < 1.29 is 22.7 Å². The summed E-state index contributed by atoms with van der Waals surface area (Å²) in [6.07, 6.45) is -2.98. The molecule has 1 aliphatic heterocycles. The van der Waals surface area contributed by atoms with E-state index in [0.29, 0.717) is 0 Å². The summed E-state index contributed by atoms with van der Waals surface area (Å²) >= 11 is 0. The number of nitrogens with one attached hydrogen (secondary N) is 2. The van der Waals surface area contributed by atoms with Crippen LogP contribution in [0.3, 0.4) is 0 Å². The van der Waals surface area contributed by atoms with Gasteiger partial charge >= 0.3 is 6.18 Å². The van der Waals surface area contributed by atoms with Gasteiger partial charge in [-0.1, -0.05) is 24.3 Å². The van der Waals surface area contributed by atoms with E-state index in [9.17, 15) is 18.0 Å². The highest BCUT2D eigenvalue weighted by atomic mass is 19.4. The van der Waals surface area contributed by atoms with E-state index < -0.39 is 17.6 Å². The van der Waals surface area contributed by atoms with Crippen molar-refractivity contribution in [1.82, 2.24) is 5.43 Å². The molecule has 2 aliphatic rings. The fraction of sp³-hybridized carbons (Fsp3) is 0.263. The average molecular weight is 375 g/mol. The fourth-order valence-corrected chi connectivity index (χ4v) is 3.39. The second-order valence-corrected chi connectivity index (χ2v) is 6.43. The third-order valence-corrected chi connectivity index (χ3v) is 4.66. The highest BCUT2D eigenvalue weighted by Gasteiger charge is 2.35. The van der Waals surface area contributed by atoms with Gasteiger partial charge in [0.25, 0.3) is 5.91 Å². The van der Waals surface area contributed by atoms with Gasteiger partial charge in [0.1, 0.15) is 0 Å². The van der Waals surface area contributed by atoms with Crippen LogP contribution in [0.25, 0.3) is 0 Å². The Kier molecular flexibility index (Phi) is 4.25. The molecular weight excluding hydrogens is 359 g/mol. The predicted molar refractivity (Wildman–Crippen MR) is 93.2 cm³/mol. The minimum atomic E-state index is -4.55. The predicted octanol–water partition coefficient (Wildman–Crippen LogP) is 3.61. The Labute approximate surface area is 153 Å². The van der Waals surface area contributed by atoms with Crippen molar-refractivity contribution in [1.29, 1.82) is 0 Å². The molecule has 0 spiro atoms. The van der Waals surface area contributed by atoms with Crippen LogP contribution in [0.4, 0.5) is 18.9 Å². The Morgan fingerprint density at radius 1 is 1.19 bits per heavy atom. The Morgan fingerprint density at radius 3 is 2.74 bits per heavy atom. The molecule has 1 aliphatic carbocycles. The van der Waals surface area contributed by atoms with E-state index in [0.717, 1.165) is 30.0 Å². The minimum Gasteiger partial charge on any atom is -0.466 e. The molecule has 0 fully saturated rings. The summed E-state index contributed by atoms with van der Waals surface area (Å²) in [6, 6.07) is 11.4. The lowest BCUT2D eigenvalue weighted by Gasteiger charge is -2.21. The number of halogens is 3. The number of hydrogen-bond acceptors (Lipinski definition) is 4. The third-order valence-electron chi connectivity index (χ3n) is 4.66. The molecule has 2 aromatic rings. The van der Waals surface area contributed by atoms with Crippen LogP contribution in [0.5, 0.6) is 0 Å². The van der Waals surface area contributed by atoms with Crippen molar-refractivity contribution in [2.45, 2.75) is 25.1 Å². The normalized spacial score (nSPS) is 19.0. The SMILES string of the molecule is O=C1COC(c2ccc(N[C@H]3CCc4ccccc43)c(C(F)(F)F)c2)=NN1. The number of carbonyl (C=O) groups excluding carboxylic acids is 1. The highest BCUT2D eigenvalue weighted by Crippen LogP contribution is 2.40. The summed E-state index contributed by atoms with van der Waals surface area (Å²) in [5, 5.41) is 6.71. The summed E-state index contributed by atoms with van der Waals surface area (Å²) in [5.41, 5.74) is 3.74. The van der Waals surface area contributed by atoms with Gasteiger partial charge in [-0.05, 0) is 42.2 Å². The Hall–Kier alpha value is -3.03. The number of rotatable bonds is 3. The summed E-state index contributed by atoms with van der Waals surface area (Å²) in [5.74, 6) is -0.495. The summed E-state index contributed by atoms with van der Waals surface area (Å²) < 4.78 is 46.0. The first kappa shape index (κ1) is 17.4. The number of benzene rings is 2. The number of amides is 1. The summed E-state index contributed by atoms with van der Waals surface area (Å²) in [4.78, 5) is 11.1. The zero-order valence-corrected chi connectivity index (χ0v) is 14.1. The Morgan fingerprint density at radius 2 is 2.00 bits per heavy atom. The molecule has 1 atom stereocenters. The summed E-state index contributed by atoms with van der Waals surface area (Å²) in [7, 11) is 0. The van der Waals surface area contributed by atoms with Crippen LogP contribution in [0.2, 0.25) is 0 Å². The molecule has 4 rings (SSSR count). The molecule has 27 heavy (non-hydrogen) atoms. The second kappa shape index (κ2) is 6.61. The van der Waals surface area contributed by atoms with Crippen LogP contribution in [-0.4, -0.2) is 18.4 Å². The van der Waals surface area contributed by atoms with Crippen molar-refractivity contribution in [3.05, 3.63) is 64.7 Å². The van der Waals surface area contributed by atoms with Gasteiger partial charge in [-0.15, -0.1) is 5.10 Å². The van der Waals surface area contributed by atoms with Gasteiger partial charge in [0.15, 0.2) is 6.61 Å². The zero-order chi connectivity index (χ0) is 19.0. The van der Waals surface area contributed by atoms with Crippen molar-refractivity contribution in [2.75, 3.05) is 11.9 Å². The van der Waals surface area contributed by atoms with Crippen LogP contribution in [0.15, 0.2) is 47.6 Å². The van der Waals surface area contributed by atoms with E-state index in [2.05, 4.69) is 15.8 Å². The number of aryl methyl sites for hydroxylation is 1. The lowest BCUT2D eigenvalue weighted by Crippen LogP contribution is -2.32. The fourth-order valence-electron chi connectivity index (χ4n) is 3.39. The molecule has 140 valence electrons. The van der Waals surface area contributed by atoms with Crippen LogP contribution in [0.1, 0.15) is 34.7 Å². The molecule has 0 radical (unpaired) electrons. The zero-order valence-electron chi connectivity index (χ0n) is 14.1. The van der Waals surface area contributed by atoms with Crippen LogP contribution in [-0.2, 0) is 22.1 Å². The van der Waals surface area contributed by atoms with E-state index in [1.807, 2.05) is 24.3 Å². The van der Waals surface area contributed by atoms with Crippen LogP contribution < -0.4 is 10.7 Å². The van der Waals surface area contributed by atoms with Gasteiger partial charge < -0.3 is 10.1 Å². The van der Waals surface area contributed by atoms with E-state index in [1.54, 1.807) is 0 Å². The molecule has 5 nitrogen and oxygen atoms in total. The van der Waals surface area contributed by atoms with E-state index in [-0.39, 0.29) is 29.8 Å². The van der Waals surface area contributed by atoms with Crippen LogP contribution in [0, 0.1) is 0 Å². The number of fused-ring (bicyclic) bond motifs is 1. The number of hydrogen-bond donors (Lipinski definition) is 2. The smallest absolute Gasteiger partial charge is 0.418 e. The van der Waals surface area contributed by atoms with Gasteiger partial charge in [-0.3, -0.25) is 4.79 Å². The first-order chi connectivity index (χ1) is 12.9. The highest BCUT2D eigenvalue weighted by molar-refractivity contribution is 5.98. The first-order valence-electron chi connectivity index (χ1n) is 8.47. The Balaban J connectivity index is 1.66. The number of ether oxygens (including phenoxy) is 1. The maximum Gasteiger partial charge on any atom is 0.418 e. The number of nitrogens with zero attached hydrogens (tertiary/aromatic N) is 1. The Bertz CT molecular complexity index is 925. The van der Waals surface area contributed by atoms with Gasteiger partial charge in [0.2, 0.25) is 5.90 Å². The molecule has 2 aromatic carbocycles. The van der Waals surface area contributed by atoms with Crippen LogP contribution >= 0.6 is 0 Å². The lowest BCUT2D eigenvalue weighted by molar-refractivity contribution is -0.137. The van der Waals surface area contributed by atoms with Crippen molar-refractivity contribution in [2.24, 2.45) is 5.10 Å².